The molecule has 7 heteroatoms. The number of rotatable bonds is 3. The van der Waals surface area contributed by atoms with Crippen LogP contribution >= 0.6 is 0 Å². The highest BCUT2D eigenvalue weighted by atomic mass is 19.1. The molecular formula is C18H16FN3O3. The van der Waals surface area contributed by atoms with Crippen LogP contribution in [0.2, 0.25) is 0 Å². The fourth-order valence-corrected chi connectivity index (χ4v) is 3.05. The van der Waals surface area contributed by atoms with Crippen molar-refractivity contribution in [3.63, 3.8) is 0 Å². The van der Waals surface area contributed by atoms with E-state index in [4.69, 9.17) is 9.72 Å². The molecule has 1 N–H and O–H groups in total. The SMILES string of the molecule is O=C(O)C1=Cc2nc(-c3ccc(F)cc3)c(N3CCOCC3)nc2C1. The van der Waals surface area contributed by atoms with Crippen molar-refractivity contribution in [2.75, 3.05) is 31.2 Å². The van der Waals surface area contributed by atoms with Crippen LogP contribution in [-0.2, 0) is 16.0 Å². The Balaban J connectivity index is 1.82. The number of carboxylic acids is 1. The Labute approximate surface area is 143 Å². The second-order valence-corrected chi connectivity index (χ2v) is 5.99. The van der Waals surface area contributed by atoms with Gasteiger partial charge >= 0.3 is 5.97 Å². The molecule has 0 unspecified atom stereocenters. The minimum absolute atomic E-state index is 0.263. The molecule has 0 spiro atoms. The van der Waals surface area contributed by atoms with Gasteiger partial charge in [-0.05, 0) is 30.3 Å². The number of hydrogen-bond acceptors (Lipinski definition) is 5. The van der Waals surface area contributed by atoms with E-state index in [1.165, 1.54) is 12.1 Å². The van der Waals surface area contributed by atoms with Crippen molar-refractivity contribution in [3.8, 4) is 11.3 Å². The molecular weight excluding hydrogens is 325 g/mol. The number of fused-ring (bicyclic) bond motifs is 1. The molecule has 1 fully saturated rings. The van der Waals surface area contributed by atoms with Gasteiger partial charge in [0, 0.05) is 30.6 Å². The lowest BCUT2D eigenvalue weighted by molar-refractivity contribution is -0.132. The normalized spacial score (nSPS) is 16.5. The lowest BCUT2D eigenvalue weighted by atomic mass is 10.1. The van der Waals surface area contributed by atoms with Crippen LogP contribution in [0.1, 0.15) is 11.4 Å². The Bertz CT molecular complexity index is 859. The maximum Gasteiger partial charge on any atom is 0.332 e. The lowest BCUT2D eigenvalue weighted by Gasteiger charge is -2.29. The van der Waals surface area contributed by atoms with Crippen molar-refractivity contribution in [3.05, 3.63) is 47.0 Å². The zero-order valence-corrected chi connectivity index (χ0v) is 13.4. The molecule has 0 amide bonds. The summed E-state index contributed by atoms with van der Waals surface area (Å²) < 4.78 is 18.7. The minimum atomic E-state index is -0.962. The number of halogens is 1. The van der Waals surface area contributed by atoms with Gasteiger partial charge < -0.3 is 14.7 Å². The lowest BCUT2D eigenvalue weighted by Crippen LogP contribution is -2.37. The van der Waals surface area contributed by atoms with Gasteiger partial charge in [-0.15, -0.1) is 0 Å². The molecule has 1 aliphatic heterocycles. The number of nitrogens with zero attached hydrogens (tertiary/aromatic N) is 3. The highest BCUT2D eigenvalue weighted by molar-refractivity contribution is 5.95. The van der Waals surface area contributed by atoms with E-state index in [9.17, 15) is 14.3 Å². The number of aromatic nitrogens is 2. The van der Waals surface area contributed by atoms with Crippen molar-refractivity contribution in [2.45, 2.75) is 6.42 Å². The van der Waals surface area contributed by atoms with Crippen molar-refractivity contribution in [2.24, 2.45) is 0 Å². The van der Waals surface area contributed by atoms with Gasteiger partial charge in [0.2, 0.25) is 0 Å². The molecule has 1 aromatic heterocycles. The number of ether oxygens (including phenoxy) is 1. The summed E-state index contributed by atoms with van der Waals surface area (Å²) >= 11 is 0. The Hall–Kier alpha value is -2.80. The molecule has 1 saturated heterocycles. The number of hydrogen-bond donors (Lipinski definition) is 1. The number of carbonyl (C=O) groups is 1. The highest BCUT2D eigenvalue weighted by Crippen LogP contribution is 2.33. The topological polar surface area (TPSA) is 75.5 Å². The van der Waals surface area contributed by atoms with Crippen LogP contribution in [0.5, 0.6) is 0 Å². The first kappa shape index (κ1) is 15.7. The predicted octanol–water partition coefficient (Wildman–Crippen LogP) is 2.14. The van der Waals surface area contributed by atoms with Gasteiger partial charge in [-0.2, -0.15) is 0 Å². The van der Waals surface area contributed by atoms with Crippen molar-refractivity contribution >= 4 is 17.9 Å². The summed E-state index contributed by atoms with van der Waals surface area (Å²) in [6.45, 7) is 2.56. The van der Waals surface area contributed by atoms with Crippen LogP contribution in [0, 0.1) is 5.82 Å². The first-order valence-electron chi connectivity index (χ1n) is 8.05. The number of benzene rings is 1. The third-order valence-electron chi connectivity index (χ3n) is 4.35. The van der Waals surface area contributed by atoms with Crippen LogP contribution < -0.4 is 4.90 Å². The molecule has 0 saturated carbocycles. The minimum Gasteiger partial charge on any atom is -0.478 e. The van der Waals surface area contributed by atoms with E-state index in [1.807, 2.05) is 0 Å². The standard InChI is InChI=1S/C18H16FN3O3/c19-13-3-1-11(2-4-13)16-17(22-5-7-25-8-6-22)21-15-10-12(18(23)24)9-14(15)20-16/h1-4,9H,5-8,10H2,(H,23,24). The smallest absolute Gasteiger partial charge is 0.332 e. The Kier molecular flexibility index (Phi) is 3.93. The van der Waals surface area contributed by atoms with E-state index >= 15 is 0 Å². The number of morpholine rings is 1. The summed E-state index contributed by atoms with van der Waals surface area (Å²) in [6.07, 6.45) is 1.82. The van der Waals surface area contributed by atoms with E-state index < -0.39 is 5.97 Å². The van der Waals surface area contributed by atoms with Gasteiger partial charge in [0.1, 0.15) is 11.5 Å². The molecule has 25 heavy (non-hydrogen) atoms. The second-order valence-electron chi connectivity index (χ2n) is 5.99. The van der Waals surface area contributed by atoms with Gasteiger partial charge in [0.15, 0.2) is 5.82 Å². The molecule has 0 radical (unpaired) electrons. The summed E-state index contributed by atoms with van der Waals surface area (Å²) in [4.78, 5) is 22.7. The van der Waals surface area contributed by atoms with Crippen molar-refractivity contribution in [1.82, 2.24) is 9.97 Å². The summed E-state index contributed by atoms with van der Waals surface area (Å²) in [6, 6.07) is 6.08. The Morgan fingerprint density at radius 3 is 2.56 bits per heavy atom. The second kappa shape index (κ2) is 6.25. The maximum atomic E-state index is 13.3. The molecule has 2 aliphatic rings. The molecule has 2 heterocycles. The van der Waals surface area contributed by atoms with E-state index in [0.29, 0.717) is 49.2 Å². The summed E-state index contributed by atoms with van der Waals surface area (Å²) in [5.74, 6) is -0.594. The Morgan fingerprint density at radius 2 is 1.88 bits per heavy atom. The number of aliphatic carboxylic acids is 1. The third-order valence-corrected chi connectivity index (χ3v) is 4.35. The molecule has 1 aliphatic carbocycles. The van der Waals surface area contributed by atoms with E-state index in [1.54, 1.807) is 18.2 Å². The zero-order valence-electron chi connectivity index (χ0n) is 13.4. The van der Waals surface area contributed by atoms with Gasteiger partial charge in [-0.25, -0.2) is 19.2 Å². The molecule has 0 atom stereocenters. The van der Waals surface area contributed by atoms with E-state index in [-0.39, 0.29) is 17.8 Å². The quantitative estimate of drug-likeness (QED) is 0.922. The van der Waals surface area contributed by atoms with Crippen LogP contribution in [0.4, 0.5) is 10.2 Å². The van der Waals surface area contributed by atoms with Gasteiger partial charge in [-0.1, -0.05) is 0 Å². The van der Waals surface area contributed by atoms with Crippen molar-refractivity contribution in [1.29, 1.82) is 0 Å². The summed E-state index contributed by atoms with van der Waals surface area (Å²) in [5.41, 5.74) is 2.87. The first-order chi connectivity index (χ1) is 12.1. The fourth-order valence-electron chi connectivity index (χ4n) is 3.05. The summed E-state index contributed by atoms with van der Waals surface area (Å²) in [7, 11) is 0. The highest BCUT2D eigenvalue weighted by Gasteiger charge is 2.26. The summed E-state index contributed by atoms with van der Waals surface area (Å²) in [5, 5.41) is 9.23. The van der Waals surface area contributed by atoms with Gasteiger partial charge in [0.25, 0.3) is 0 Å². The number of anilines is 1. The maximum absolute atomic E-state index is 13.3. The monoisotopic (exact) mass is 341 g/mol. The molecule has 6 nitrogen and oxygen atoms in total. The first-order valence-corrected chi connectivity index (χ1v) is 8.05. The molecule has 0 bridgehead atoms. The molecule has 128 valence electrons. The van der Waals surface area contributed by atoms with Gasteiger partial charge in [-0.3, -0.25) is 0 Å². The average Bonchev–Trinajstić information content (AvgIpc) is 3.05. The van der Waals surface area contributed by atoms with Crippen LogP contribution in [0.25, 0.3) is 17.3 Å². The zero-order chi connectivity index (χ0) is 17.4. The van der Waals surface area contributed by atoms with Crippen molar-refractivity contribution < 1.29 is 19.0 Å². The number of carboxylic acid groups (broad SMARTS) is 1. The van der Waals surface area contributed by atoms with E-state index in [0.717, 1.165) is 5.56 Å². The van der Waals surface area contributed by atoms with Crippen LogP contribution in [0.15, 0.2) is 29.8 Å². The third kappa shape index (κ3) is 2.98. The average molecular weight is 341 g/mol. The largest absolute Gasteiger partial charge is 0.478 e. The fraction of sp³-hybridized carbons (Fsp3) is 0.278. The Morgan fingerprint density at radius 1 is 1.16 bits per heavy atom. The predicted molar refractivity (Wildman–Crippen MR) is 89.8 cm³/mol. The van der Waals surface area contributed by atoms with Gasteiger partial charge in [0.05, 0.1) is 24.6 Å². The van der Waals surface area contributed by atoms with E-state index in [2.05, 4.69) is 9.88 Å². The van der Waals surface area contributed by atoms with Crippen LogP contribution in [-0.4, -0.2) is 47.3 Å². The molecule has 4 rings (SSSR count). The molecule has 2 aromatic rings. The molecule has 1 aromatic carbocycles. The van der Waals surface area contributed by atoms with Crippen LogP contribution in [0.3, 0.4) is 0 Å².